The zero-order valence-corrected chi connectivity index (χ0v) is 9.22. The monoisotopic (exact) mass is 225 g/mol. The third-order valence-electron chi connectivity index (χ3n) is 2.95. The van der Waals surface area contributed by atoms with E-state index in [1.807, 2.05) is 12.1 Å². The Morgan fingerprint density at radius 1 is 1.06 bits per heavy atom. The lowest BCUT2D eigenvalue weighted by Crippen LogP contribution is -1.88. The maximum atomic E-state index is 10.7. The molecule has 2 heterocycles. The summed E-state index contributed by atoms with van der Waals surface area (Å²) in [7, 11) is 0. The molecule has 0 saturated carbocycles. The first-order valence-corrected chi connectivity index (χ1v) is 5.47. The highest BCUT2D eigenvalue weighted by atomic mass is 16.5. The first kappa shape index (κ1) is 10.2. The van der Waals surface area contributed by atoms with Gasteiger partial charge >= 0.3 is 0 Å². The van der Waals surface area contributed by atoms with Gasteiger partial charge in [0, 0.05) is 23.5 Å². The predicted octanol–water partition coefficient (Wildman–Crippen LogP) is 2.59. The largest absolute Gasteiger partial charge is 0.372 e. The molecule has 1 aromatic carbocycles. The van der Waals surface area contributed by atoms with Crippen LogP contribution < -0.4 is 0 Å². The van der Waals surface area contributed by atoms with Crippen LogP contribution in [-0.4, -0.2) is 11.3 Å². The Balaban J connectivity index is 2.06. The van der Waals surface area contributed by atoms with E-state index < -0.39 is 0 Å². The number of aromatic nitrogens is 1. The molecule has 0 N–H and O–H groups in total. The number of fused-ring (bicyclic) bond motifs is 1. The molecule has 1 aliphatic heterocycles. The minimum atomic E-state index is 0.597. The van der Waals surface area contributed by atoms with E-state index in [2.05, 4.69) is 17.1 Å². The van der Waals surface area contributed by atoms with Crippen LogP contribution in [0.4, 0.5) is 0 Å². The Hall–Kier alpha value is -2.00. The van der Waals surface area contributed by atoms with Crippen LogP contribution in [0.5, 0.6) is 0 Å². The molecular formula is C14H11NO2. The fourth-order valence-corrected chi connectivity index (χ4v) is 2.03. The van der Waals surface area contributed by atoms with Gasteiger partial charge in [0.2, 0.25) is 0 Å². The van der Waals surface area contributed by atoms with Crippen LogP contribution in [0.25, 0.3) is 11.1 Å². The summed E-state index contributed by atoms with van der Waals surface area (Å²) in [4.78, 5) is 14.8. The van der Waals surface area contributed by atoms with Gasteiger partial charge < -0.3 is 4.74 Å². The topological polar surface area (TPSA) is 39.2 Å². The van der Waals surface area contributed by atoms with E-state index in [9.17, 15) is 4.79 Å². The number of nitrogens with zero attached hydrogens (tertiary/aromatic N) is 1. The Labute approximate surface area is 99.1 Å². The van der Waals surface area contributed by atoms with Crippen molar-refractivity contribution in [3.63, 3.8) is 0 Å². The molecule has 1 aliphatic rings. The first-order valence-electron chi connectivity index (χ1n) is 5.47. The molecule has 0 unspecified atom stereocenters. The molecular weight excluding hydrogens is 214 g/mol. The lowest BCUT2D eigenvalue weighted by atomic mass is 10.0. The van der Waals surface area contributed by atoms with Crippen molar-refractivity contribution < 1.29 is 9.53 Å². The first-order chi connectivity index (χ1) is 8.36. The molecule has 0 atom stereocenters. The molecule has 3 nitrogen and oxygen atoms in total. The number of pyridine rings is 1. The minimum absolute atomic E-state index is 0.597. The van der Waals surface area contributed by atoms with Gasteiger partial charge in [-0.25, -0.2) is 0 Å². The number of aldehydes is 1. The summed E-state index contributed by atoms with van der Waals surface area (Å²) < 4.78 is 5.38. The fraction of sp³-hybridized carbons (Fsp3) is 0.143. The summed E-state index contributed by atoms with van der Waals surface area (Å²) in [6, 6.07) is 8.07. The van der Waals surface area contributed by atoms with Gasteiger partial charge in [-0.2, -0.15) is 0 Å². The van der Waals surface area contributed by atoms with Crippen LogP contribution in [0.1, 0.15) is 21.5 Å². The van der Waals surface area contributed by atoms with E-state index in [4.69, 9.17) is 4.74 Å². The van der Waals surface area contributed by atoms with Crippen molar-refractivity contribution in [2.75, 3.05) is 0 Å². The average molecular weight is 225 g/mol. The Morgan fingerprint density at radius 3 is 2.82 bits per heavy atom. The van der Waals surface area contributed by atoms with Crippen LogP contribution in [0.3, 0.4) is 0 Å². The molecule has 0 aliphatic carbocycles. The quantitative estimate of drug-likeness (QED) is 0.737. The van der Waals surface area contributed by atoms with Gasteiger partial charge in [-0.05, 0) is 28.8 Å². The van der Waals surface area contributed by atoms with Crippen molar-refractivity contribution in [1.29, 1.82) is 0 Å². The smallest absolute Gasteiger partial charge is 0.151 e. The van der Waals surface area contributed by atoms with E-state index in [-0.39, 0.29) is 0 Å². The Bertz CT molecular complexity index is 578. The number of hydrogen-bond donors (Lipinski definition) is 0. The number of benzene rings is 1. The highest BCUT2D eigenvalue weighted by Gasteiger charge is 2.11. The van der Waals surface area contributed by atoms with Crippen molar-refractivity contribution >= 4 is 6.29 Å². The van der Waals surface area contributed by atoms with E-state index in [0.717, 1.165) is 17.4 Å². The second-order valence-corrected chi connectivity index (χ2v) is 4.10. The van der Waals surface area contributed by atoms with Crippen molar-refractivity contribution in [2.24, 2.45) is 0 Å². The molecule has 0 saturated heterocycles. The lowest BCUT2D eigenvalue weighted by Gasteiger charge is -2.04. The predicted molar refractivity (Wildman–Crippen MR) is 63.6 cm³/mol. The summed E-state index contributed by atoms with van der Waals surface area (Å²) in [5, 5.41) is 0. The molecule has 2 aromatic rings. The molecule has 3 rings (SSSR count). The van der Waals surface area contributed by atoms with Crippen LogP contribution in [-0.2, 0) is 18.0 Å². The summed E-state index contributed by atoms with van der Waals surface area (Å²) in [6.07, 6.45) is 4.14. The van der Waals surface area contributed by atoms with Crippen molar-refractivity contribution in [3.05, 3.63) is 53.3 Å². The standard InChI is InChI=1S/C14H11NO2/c16-7-10-3-13(6-15-5-10)11-1-2-12-8-17-9-14(12)4-11/h1-7H,8-9H2. The van der Waals surface area contributed by atoms with Gasteiger partial charge in [-0.15, -0.1) is 0 Å². The highest BCUT2D eigenvalue weighted by Crippen LogP contribution is 2.26. The summed E-state index contributed by atoms with van der Waals surface area (Å²) in [6.45, 7) is 1.37. The number of carbonyl (C=O) groups is 1. The van der Waals surface area contributed by atoms with Crippen molar-refractivity contribution in [2.45, 2.75) is 13.2 Å². The number of hydrogen-bond acceptors (Lipinski definition) is 3. The molecule has 3 heteroatoms. The van der Waals surface area contributed by atoms with Gasteiger partial charge in [0.1, 0.15) is 0 Å². The third kappa shape index (κ3) is 1.85. The van der Waals surface area contributed by atoms with Crippen LogP contribution in [0.2, 0.25) is 0 Å². The second-order valence-electron chi connectivity index (χ2n) is 4.10. The molecule has 17 heavy (non-hydrogen) atoms. The lowest BCUT2D eigenvalue weighted by molar-refractivity contribution is 0.112. The van der Waals surface area contributed by atoms with Gasteiger partial charge in [0.05, 0.1) is 13.2 Å². The molecule has 0 radical (unpaired) electrons. The third-order valence-corrected chi connectivity index (χ3v) is 2.95. The number of rotatable bonds is 2. The molecule has 1 aromatic heterocycles. The van der Waals surface area contributed by atoms with Crippen LogP contribution in [0.15, 0.2) is 36.7 Å². The number of carbonyl (C=O) groups excluding carboxylic acids is 1. The van der Waals surface area contributed by atoms with E-state index in [1.54, 1.807) is 12.4 Å². The fourth-order valence-electron chi connectivity index (χ4n) is 2.03. The second kappa shape index (κ2) is 4.11. The molecule has 0 amide bonds. The molecule has 0 fully saturated rings. The van der Waals surface area contributed by atoms with Crippen LogP contribution >= 0.6 is 0 Å². The van der Waals surface area contributed by atoms with E-state index in [0.29, 0.717) is 18.8 Å². The van der Waals surface area contributed by atoms with Gasteiger partial charge in [0.15, 0.2) is 6.29 Å². The molecule has 84 valence electrons. The van der Waals surface area contributed by atoms with E-state index in [1.165, 1.54) is 11.1 Å². The molecule has 0 spiro atoms. The number of ether oxygens (including phenoxy) is 1. The zero-order valence-electron chi connectivity index (χ0n) is 9.22. The zero-order chi connectivity index (χ0) is 11.7. The molecule has 0 bridgehead atoms. The average Bonchev–Trinajstić information content (AvgIpc) is 2.86. The van der Waals surface area contributed by atoms with Crippen molar-refractivity contribution in [1.82, 2.24) is 4.98 Å². The maximum Gasteiger partial charge on any atom is 0.151 e. The summed E-state index contributed by atoms with van der Waals surface area (Å²) in [5.41, 5.74) is 5.10. The van der Waals surface area contributed by atoms with Gasteiger partial charge in [-0.1, -0.05) is 12.1 Å². The summed E-state index contributed by atoms with van der Waals surface area (Å²) >= 11 is 0. The van der Waals surface area contributed by atoms with Gasteiger partial charge in [-0.3, -0.25) is 9.78 Å². The Kier molecular flexibility index (Phi) is 2.46. The van der Waals surface area contributed by atoms with Gasteiger partial charge in [0.25, 0.3) is 0 Å². The van der Waals surface area contributed by atoms with E-state index >= 15 is 0 Å². The van der Waals surface area contributed by atoms with Crippen molar-refractivity contribution in [3.8, 4) is 11.1 Å². The Morgan fingerprint density at radius 2 is 1.94 bits per heavy atom. The highest BCUT2D eigenvalue weighted by molar-refractivity contribution is 5.78. The maximum absolute atomic E-state index is 10.7. The SMILES string of the molecule is O=Cc1cncc(-c2ccc3c(c2)COC3)c1. The summed E-state index contributed by atoms with van der Waals surface area (Å²) in [5.74, 6) is 0. The minimum Gasteiger partial charge on any atom is -0.372 e. The normalized spacial score (nSPS) is 13.4. The van der Waals surface area contributed by atoms with Crippen LogP contribution in [0, 0.1) is 0 Å².